The molecule has 0 amide bonds. The first-order valence-corrected chi connectivity index (χ1v) is 12.5. The number of anilines is 3. The van der Waals surface area contributed by atoms with E-state index in [1.807, 2.05) is 52.1 Å². The molecule has 0 aliphatic rings. The van der Waals surface area contributed by atoms with Gasteiger partial charge in [-0.05, 0) is 62.2 Å². The molecule has 3 aromatic carbocycles. The maximum absolute atomic E-state index is 12.5. The summed E-state index contributed by atoms with van der Waals surface area (Å²) in [5.74, 6) is -0.478. The molecule has 36 heavy (non-hydrogen) atoms. The third kappa shape index (κ3) is 5.76. The van der Waals surface area contributed by atoms with Crippen molar-refractivity contribution in [3.8, 4) is 5.75 Å². The molecule has 6 heteroatoms. The Kier molecular flexibility index (Phi) is 8.86. The van der Waals surface area contributed by atoms with E-state index in [1.165, 1.54) is 0 Å². The second-order valence-corrected chi connectivity index (χ2v) is 9.22. The van der Waals surface area contributed by atoms with Crippen LogP contribution in [-0.4, -0.2) is 59.0 Å². The number of nitrogens with zero attached hydrogens (tertiary/aromatic N) is 3. The topological polar surface area (TPSA) is 56.2 Å². The fourth-order valence-corrected chi connectivity index (χ4v) is 4.58. The molecule has 6 nitrogen and oxygen atoms in total. The SMILES string of the molecule is CCOc1cc(N(CC)CC)ccc1C(c1ccc(N(C)C)cc1)c1ccc(N(C)C)cc1C(=O)O. The summed E-state index contributed by atoms with van der Waals surface area (Å²) < 4.78 is 6.17. The summed E-state index contributed by atoms with van der Waals surface area (Å²) >= 11 is 0. The molecule has 0 spiro atoms. The Hall–Kier alpha value is -3.67. The molecule has 0 aromatic heterocycles. The van der Waals surface area contributed by atoms with Gasteiger partial charge in [-0.15, -0.1) is 0 Å². The van der Waals surface area contributed by atoms with Gasteiger partial charge in [0.1, 0.15) is 5.75 Å². The number of hydrogen-bond donors (Lipinski definition) is 1. The van der Waals surface area contributed by atoms with Gasteiger partial charge in [-0.1, -0.05) is 24.3 Å². The van der Waals surface area contributed by atoms with E-state index in [0.29, 0.717) is 6.61 Å². The maximum Gasteiger partial charge on any atom is 0.336 e. The van der Waals surface area contributed by atoms with Gasteiger partial charge in [0, 0.05) is 75.9 Å². The van der Waals surface area contributed by atoms with Crippen molar-refractivity contribution in [2.45, 2.75) is 26.7 Å². The fraction of sp³-hybridized carbons (Fsp3) is 0.367. The summed E-state index contributed by atoms with van der Waals surface area (Å²) in [6.07, 6.45) is 0. The molecular formula is C30H39N3O3. The van der Waals surface area contributed by atoms with Crippen LogP contribution in [0.4, 0.5) is 17.1 Å². The third-order valence-electron chi connectivity index (χ3n) is 6.57. The van der Waals surface area contributed by atoms with Gasteiger partial charge in [-0.3, -0.25) is 0 Å². The molecule has 1 atom stereocenters. The molecule has 0 fully saturated rings. The molecule has 1 N–H and O–H groups in total. The van der Waals surface area contributed by atoms with Crippen LogP contribution in [0.25, 0.3) is 0 Å². The average Bonchev–Trinajstić information content (AvgIpc) is 2.86. The van der Waals surface area contributed by atoms with E-state index in [-0.39, 0.29) is 11.5 Å². The van der Waals surface area contributed by atoms with Crippen molar-refractivity contribution in [2.24, 2.45) is 0 Å². The Morgan fingerprint density at radius 2 is 1.33 bits per heavy atom. The highest BCUT2D eigenvalue weighted by Gasteiger charge is 2.26. The highest BCUT2D eigenvalue weighted by molar-refractivity contribution is 5.91. The van der Waals surface area contributed by atoms with Crippen LogP contribution in [-0.2, 0) is 0 Å². The highest BCUT2D eigenvalue weighted by Crippen LogP contribution is 2.41. The highest BCUT2D eigenvalue weighted by atomic mass is 16.5. The number of aromatic carboxylic acids is 1. The molecule has 1 unspecified atom stereocenters. The zero-order valence-corrected chi connectivity index (χ0v) is 22.6. The largest absolute Gasteiger partial charge is 0.493 e. The van der Waals surface area contributed by atoms with Gasteiger partial charge >= 0.3 is 5.97 Å². The Morgan fingerprint density at radius 3 is 1.86 bits per heavy atom. The first kappa shape index (κ1) is 26.9. The number of carboxylic acids is 1. The van der Waals surface area contributed by atoms with Crippen LogP contribution < -0.4 is 19.4 Å². The number of ether oxygens (including phenoxy) is 1. The van der Waals surface area contributed by atoms with Crippen LogP contribution in [0.15, 0.2) is 60.7 Å². The van der Waals surface area contributed by atoms with Gasteiger partial charge in [-0.25, -0.2) is 4.79 Å². The van der Waals surface area contributed by atoms with Gasteiger partial charge in [0.05, 0.1) is 12.2 Å². The second kappa shape index (κ2) is 11.8. The number of hydrogen-bond acceptors (Lipinski definition) is 5. The molecule has 0 radical (unpaired) electrons. The second-order valence-electron chi connectivity index (χ2n) is 9.22. The Morgan fingerprint density at radius 1 is 0.778 bits per heavy atom. The van der Waals surface area contributed by atoms with E-state index in [9.17, 15) is 9.90 Å². The van der Waals surface area contributed by atoms with Crippen LogP contribution >= 0.6 is 0 Å². The number of carboxylic acid groups (broad SMARTS) is 1. The van der Waals surface area contributed by atoms with Crippen molar-refractivity contribution < 1.29 is 14.6 Å². The maximum atomic E-state index is 12.5. The molecular weight excluding hydrogens is 450 g/mol. The van der Waals surface area contributed by atoms with E-state index in [1.54, 1.807) is 6.07 Å². The minimum Gasteiger partial charge on any atom is -0.493 e. The lowest BCUT2D eigenvalue weighted by atomic mass is 9.82. The standard InChI is InChI=1S/C30H39N3O3/c1-8-33(9-2)24-16-18-26(28(20-24)36-10-3)29(21-11-13-22(14-12-21)31(4)5)25-17-15-23(32(6)7)19-27(25)30(34)35/h11-20,29H,8-10H2,1-7H3,(H,34,35). The van der Waals surface area contributed by atoms with Crippen molar-refractivity contribution in [3.63, 3.8) is 0 Å². The molecule has 0 aliphatic carbocycles. The van der Waals surface area contributed by atoms with Crippen LogP contribution in [0.5, 0.6) is 5.75 Å². The first-order valence-electron chi connectivity index (χ1n) is 12.5. The molecule has 0 saturated carbocycles. The normalized spacial score (nSPS) is 11.6. The minimum atomic E-state index is -0.943. The van der Waals surface area contributed by atoms with Crippen molar-refractivity contribution in [3.05, 3.63) is 82.9 Å². The van der Waals surface area contributed by atoms with Crippen molar-refractivity contribution in [1.82, 2.24) is 0 Å². The van der Waals surface area contributed by atoms with E-state index < -0.39 is 5.97 Å². The van der Waals surface area contributed by atoms with E-state index in [2.05, 4.69) is 66.1 Å². The van der Waals surface area contributed by atoms with Crippen LogP contribution in [0.3, 0.4) is 0 Å². The zero-order valence-electron chi connectivity index (χ0n) is 22.6. The van der Waals surface area contributed by atoms with Gasteiger partial charge in [-0.2, -0.15) is 0 Å². The summed E-state index contributed by atoms with van der Waals surface area (Å²) in [5, 5.41) is 10.2. The molecule has 0 aliphatic heterocycles. The Labute approximate surface area is 215 Å². The van der Waals surface area contributed by atoms with Crippen molar-refractivity contribution >= 4 is 23.0 Å². The van der Waals surface area contributed by atoms with Gasteiger partial charge < -0.3 is 24.5 Å². The van der Waals surface area contributed by atoms with Crippen molar-refractivity contribution in [1.29, 1.82) is 0 Å². The minimum absolute atomic E-state index is 0.290. The summed E-state index contributed by atoms with van der Waals surface area (Å²) in [5.41, 5.74) is 6.01. The van der Waals surface area contributed by atoms with Crippen LogP contribution in [0.2, 0.25) is 0 Å². The average molecular weight is 490 g/mol. The van der Waals surface area contributed by atoms with Crippen molar-refractivity contribution in [2.75, 3.05) is 62.6 Å². The molecule has 3 aromatic rings. The lowest BCUT2D eigenvalue weighted by Crippen LogP contribution is -2.22. The first-order chi connectivity index (χ1) is 17.2. The van der Waals surface area contributed by atoms with E-state index >= 15 is 0 Å². The predicted molar refractivity (Wildman–Crippen MR) is 151 cm³/mol. The number of benzene rings is 3. The summed E-state index contributed by atoms with van der Waals surface area (Å²) in [6.45, 7) is 8.56. The number of rotatable bonds is 11. The van der Waals surface area contributed by atoms with Gasteiger partial charge in [0.15, 0.2) is 0 Å². The summed E-state index contributed by atoms with van der Waals surface area (Å²) in [7, 11) is 7.84. The fourth-order valence-electron chi connectivity index (χ4n) is 4.58. The lowest BCUT2D eigenvalue weighted by molar-refractivity contribution is 0.0695. The Balaban J connectivity index is 2.29. The van der Waals surface area contributed by atoms with Gasteiger partial charge in [0.25, 0.3) is 0 Å². The van der Waals surface area contributed by atoms with Crippen LogP contribution in [0, 0.1) is 0 Å². The monoisotopic (exact) mass is 489 g/mol. The molecule has 0 heterocycles. The molecule has 0 bridgehead atoms. The zero-order chi connectivity index (χ0) is 26.4. The molecule has 0 saturated heterocycles. The quantitative estimate of drug-likeness (QED) is 0.336. The third-order valence-corrected chi connectivity index (χ3v) is 6.57. The van der Waals surface area contributed by atoms with E-state index in [4.69, 9.17) is 4.74 Å². The van der Waals surface area contributed by atoms with Gasteiger partial charge in [0.2, 0.25) is 0 Å². The molecule has 192 valence electrons. The molecule has 3 rings (SSSR count). The van der Waals surface area contributed by atoms with Crippen LogP contribution in [0.1, 0.15) is 53.7 Å². The summed E-state index contributed by atoms with van der Waals surface area (Å²) in [4.78, 5) is 18.7. The lowest BCUT2D eigenvalue weighted by Gasteiger charge is -2.27. The Bertz CT molecular complexity index is 1170. The number of carbonyl (C=O) groups is 1. The smallest absolute Gasteiger partial charge is 0.336 e. The van der Waals surface area contributed by atoms with E-state index in [0.717, 1.165) is 52.6 Å². The summed E-state index contributed by atoms with van der Waals surface area (Å²) in [6, 6.07) is 20.3. The predicted octanol–water partition coefficient (Wildman–Crippen LogP) is 5.94.